The number of benzene rings is 1. The Kier molecular flexibility index (Phi) is 9.30. The van der Waals surface area contributed by atoms with Crippen molar-refractivity contribution in [2.45, 2.75) is 62.5 Å². The van der Waals surface area contributed by atoms with Crippen molar-refractivity contribution in [2.75, 3.05) is 6.61 Å². The largest absolute Gasteiger partial charge is 0.491 e. The van der Waals surface area contributed by atoms with E-state index in [0.717, 1.165) is 12.1 Å². The van der Waals surface area contributed by atoms with Crippen LogP contribution in [0.2, 0.25) is 0 Å². The van der Waals surface area contributed by atoms with E-state index in [0.29, 0.717) is 32.1 Å². The first kappa shape index (κ1) is 25.9. The molecule has 1 aromatic carbocycles. The average molecular weight is 458 g/mol. The van der Waals surface area contributed by atoms with Crippen molar-refractivity contribution >= 4 is 5.97 Å². The number of hydrogen-bond donors (Lipinski definition) is 4. The maximum Gasteiger partial charge on any atom is 0.416 e. The molecule has 0 bridgehead atoms. The van der Waals surface area contributed by atoms with E-state index < -0.39 is 41.4 Å². The predicted molar refractivity (Wildman–Crippen MR) is 111 cm³/mol. The van der Waals surface area contributed by atoms with Gasteiger partial charge < -0.3 is 25.2 Å². The average Bonchev–Trinajstić information content (AvgIpc) is 3.01. The summed E-state index contributed by atoms with van der Waals surface area (Å²) in [4.78, 5) is 10.5. The summed E-state index contributed by atoms with van der Waals surface area (Å²) in [5, 5.41) is 39.9. The quantitative estimate of drug-likeness (QED) is 0.298. The van der Waals surface area contributed by atoms with Gasteiger partial charge in [-0.15, -0.1) is 0 Å². The Labute approximate surface area is 184 Å². The second kappa shape index (κ2) is 11.5. The molecule has 1 aromatic rings. The van der Waals surface area contributed by atoms with Gasteiger partial charge in [-0.05, 0) is 50.3 Å². The Morgan fingerprint density at radius 3 is 2.75 bits per heavy atom. The van der Waals surface area contributed by atoms with E-state index in [1.165, 1.54) is 24.3 Å². The van der Waals surface area contributed by atoms with E-state index in [9.17, 15) is 33.3 Å². The van der Waals surface area contributed by atoms with E-state index in [1.807, 2.05) is 6.08 Å². The zero-order valence-corrected chi connectivity index (χ0v) is 17.5. The number of aliphatic carboxylic acids is 1. The number of rotatable bonds is 11. The Morgan fingerprint density at radius 1 is 1.31 bits per heavy atom. The fraction of sp³-hybridized carbons (Fsp3) is 0.522. The molecule has 178 valence electrons. The lowest BCUT2D eigenvalue weighted by Gasteiger charge is -2.28. The van der Waals surface area contributed by atoms with Crippen molar-refractivity contribution in [2.24, 2.45) is 5.92 Å². The lowest BCUT2D eigenvalue weighted by atomic mass is 9.86. The maximum atomic E-state index is 12.8. The van der Waals surface area contributed by atoms with Crippen molar-refractivity contribution in [3.63, 3.8) is 0 Å². The molecule has 4 N–H and O–H groups in total. The summed E-state index contributed by atoms with van der Waals surface area (Å²) in [6, 6.07) is 4.33. The van der Waals surface area contributed by atoms with Crippen molar-refractivity contribution in [1.29, 1.82) is 0 Å². The molecule has 0 amide bonds. The minimum absolute atomic E-state index is 0.0341. The number of carboxylic acids is 1. The Morgan fingerprint density at radius 2 is 2.06 bits per heavy atom. The number of carbonyl (C=O) groups is 1. The van der Waals surface area contributed by atoms with Crippen molar-refractivity contribution in [3.8, 4) is 5.75 Å². The SMILES string of the molecule is O=C(O)CCC/C=C/CC1C(O)CCC1(O)/C=C/C(O)COc1cccc(C(F)(F)F)c1. The first-order valence-corrected chi connectivity index (χ1v) is 10.5. The Balaban J connectivity index is 1.89. The van der Waals surface area contributed by atoms with Gasteiger partial charge in [-0.25, -0.2) is 0 Å². The molecule has 1 aliphatic rings. The van der Waals surface area contributed by atoms with Gasteiger partial charge in [0.15, 0.2) is 0 Å². The highest BCUT2D eigenvalue weighted by molar-refractivity contribution is 5.66. The number of aliphatic hydroxyl groups excluding tert-OH is 2. The van der Waals surface area contributed by atoms with Crippen LogP contribution in [-0.4, -0.2) is 50.8 Å². The van der Waals surface area contributed by atoms with Crippen LogP contribution in [0.4, 0.5) is 13.2 Å². The molecule has 9 heteroatoms. The van der Waals surface area contributed by atoms with Gasteiger partial charge in [-0.3, -0.25) is 4.79 Å². The second-order valence-corrected chi connectivity index (χ2v) is 7.96. The number of carboxylic acid groups (broad SMARTS) is 1. The molecule has 1 aliphatic carbocycles. The number of allylic oxidation sites excluding steroid dienone is 2. The van der Waals surface area contributed by atoms with Crippen LogP contribution in [-0.2, 0) is 11.0 Å². The molecular formula is C23H29F3O6. The molecule has 0 saturated heterocycles. The number of aliphatic hydroxyl groups is 3. The van der Waals surface area contributed by atoms with Crippen LogP contribution < -0.4 is 4.74 Å². The smallest absolute Gasteiger partial charge is 0.416 e. The molecule has 2 rings (SSSR count). The summed E-state index contributed by atoms with van der Waals surface area (Å²) < 4.78 is 43.5. The van der Waals surface area contributed by atoms with Crippen LogP contribution in [0.15, 0.2) is 48.6 Å². The van der Waals surface area contributed by atoms with Crippen LogP contribution in [0.3, 0.4) is 0 Å². The first-order chi connectivity index (χ1) is 15.0. The molecule has 0 heterocycles. The number of unbranched alkanes of at least 4 members (excludes halogenated alkanes) is 1. The molecule has 32 heavy (non-hydrogen) atoms. The fourth-order valence-electron chi connectivity index (χ4n) is 3.68. The summed E-state index contributed by atoms with van der Waals surface area (Å²) in [6.07, 6.45) is 2.16. The van der Waals surface area contributed by atoms with Gasteiger partial charge in [0.2, 0.25) is 0 Å². The molecule has 0 aliphatic heterocycles. The third-order valence-electron chi connectivity index (χ3n) is 5.45. The molecule has 0 radical (unpaired) electrons. The minimum Gasteiger partial charge on any atom is -0.491 e. The van der Waals surface area contributed by atoms with E-state index in [-0.39, 0.29) is 18.8 Å². The van der Waals surface area contributed by atoms with Crippen LogP contribution in [0.5, 0.6) is 5.75 Å². The zero-order chi connectivity index (χ0) is 23.8. The summed E-state index contributed by atoms with van der Waals surface area (Å²) >= 11 is 0. The molecule has 1 fully saturated rings. The van der Waals surface area contributed by atoms with Crippen molar-refractivity contribution < 1.29 is 43.1 Å². The summed E-state index contributed by atoms with van der Waals surface area (Å²) in [5.41, 5.74) is -2.20. The number of alkyl halides is 3. The van der Waals surface area contributed by atoms with Gasteiger partial charge >= 0.3 is 12.1 Å². The third kappa shape index (κ3) is 7.96. The fourth-order valence-corrected chi connectivity index (χ4v) is 3.68. The van der Waals surface area contributed by atoms with Crippen LogP contribution in [0.25, 0.3) is 0 Å². The number of halogens is 3. The summed E-state index contributed by atoms with van der Waals surface area (Å²) in [6.45, 7) is -0.301. The maximum absolute atomic E-state index is 12.8. The van der Waals surface area contributed by atoms with E-state index in [4.69, 9.17) is 9.84 Å². The van der Waals surface area contributed by atoms with E-state index >= 15 is 0 Å². The third-order valence-corrected chi connectivity index (χ3v) is 5.45. The highest BCUT2D eigenvalue weighted by Gasteiger charge is 2.44. The normalized spacial score (nSPS) is 24.9. The summed E-state index contributed by atoms with van der Waals surface area (Å²) in [5.74, 6) is -1.39. The highest BCUT2D eigenvalue weighted by Crippen LogP contribution is 2.39. The molecular weight excluding hydrogens is 429 g/mol. The first-order valence-electron chi connectivity index (χ1n) is 10.5. The van der Waals surface area contributed by atoms with Crippen molar-refractivity contribution in [3.05, 3.63) is 54.1 Å². The predicted octanol–water partition coefficient (Wildman–Crippen LogP) is 3.70. The molecule has 0 aromatic heterocycles. The van der Waals surface area contributed by atoms with Gasteiger partial charge in [0.1, 0.15) is 18.5 Å². The monoisotopic (exact) mass is 458 g/mol. The van der Waals surface area contributed by atoms with E-state index in [1.54, 1.807) is 6.08 Å². The molecule has 4 unspecified atom stereocenters. The molecule has 6 nitrogen and oxygen atoms in total. The van der Waals surface area contributed by atoms with Gasteiger partial charge in [0, 0.05) is 12.3 Å². The second-order valence-electron chi connectivity index (χ2n) is 7.96. The van der Waals surface area contributed by atoms with Gasteiger partial charge in [0.25, 0.3) is 0 Å². The molecule has 1 saturated carbocycles. The van der Waals surface area contributed by atoms with E-state index in [2.05, 4.69) is 0 Å². The lowest BCUT2D eigenvalue weighted by molar-refractivity contribution is -0.138. The topological polar surface area (TPSA) is 107 Å². The van der Waals surface area contributed by atoms with Gasteiger partial charge in [-0.2, -0.15) is 13.2 Å². The van der Waals surface area contributed by atoms with Gasteiger partial charge in [0.05, 0.1) is 17.3 Å². The van der Waals surface area contributed by atoms with Crippen LogP contribution in [0.1, 0.15) is 44.1 Å². The molecule has 0 spiro atoms. The van der Waals surface area contributed by atoms with Crippen molar-refractivity contribution in [1.82, 2.24) is 0 Å². The molecule has 4 atom stereocenters. The summed E-state index contributed by atoms with van der Waals surface area (Å²) in [7, 11) is 0. The standard InChI is InChI=1S/C23H29F3O6/c24-23(25,26)16-6-5-7-18(14-16)32-15-17(27)10-12-22(31)13-11-20(28)19(22)8-3-1-2-4-9-21(29)30/h1,3,5-7,10,12,14,17,19-20,27-28,31H,2,4,8-9,11,13,15H2,(H,29,30)/b3-1+,12-10+. The minimum atomic E-state index is -4.50. The lowest BCUT2D eigenvalue weighted by Crippen LogP contribution is -2.35. The Bertz CT molecular complexity index is 807. The van der Waals surface area contributed by atoms with Crippen LogP contribution >= 0.6 is 0 Å². The van der Waals surface area contributed by atoms with Gasteiger partial charge in [-0.1, -0.05) is 30.4 Å². The number of ether oxygens (including phenoxy) is 1. The highest BCUT2D eigenvalue weighted by atomic mass is 19.4. The zero-order valence-electron chi connectivity index (χ0n) is 17.5. The number of hydrogen-bond acceptors (Lipinski definition) is 5. The van der Waals surface area contributed by atoms with Crippen LogP contribution in [0, 0.1) is 5.92 Å². The Hall–Kier alpha value is -2.36.